The van der Waals surface area contributed by atoms with E-state index in [1.165, 1.54) is 11.8 Å². The molecule has 0 bridgehead atoms. The number of rotatable bonds is 6. The molecule has 0 aliphatic heterocycles. The zero-order valence-corrected chi connectivity index (χ0v) is 16.1. The van der Waals surface area contributed by atoms with Crippen LogP contribution in [0.5, 0.6) is 0 Å². The number of thioether (sulfide) groups is 1. The number of carbonyl (C=O) groups is 1. The van der Waals surface area contributed by atoms with Gasteiger partial charge in [0.1, 0.15) is 6.07 Å². The number of carbonyl (C=O) groups excluding carboxylic acids is 1. The molecule has 2 aromatic carbocycles. The normalized spacial score (nSPS) is 10.3. The van der Waals surface area contributed by atoms with Gasteiger partial charge in [-0.1, -0.05) is 52.0 Å². The highest BCUT2D eigenvalue weighted by Gasteiger charge is 2.08. The van der Waals surface area contributed by atoms with Gasteiger partial charge in [-0.2, -0.15) is 5.26 Å². The molecular formula is C19H15BrN4OS. The number of aromatic amines is 1. The lowest BCUT2D eigenvalue weighted by molar-refractivity contribution is -0.115. The summed E-state index contributed by atoms with van der Waals surface area (Å²) in [6.07, 6.45) is 2.12. The highest BCUT2D eigenvalue weighted by atomic mass is 79.9. The van der Waals surface area contributed by atoms with Gasteiger partial charge < -0.3 is 10.3 Å². The number of benzene rings is 2. The van der Waals surface area contributed by atoms with Crippen LogP contribution in [0, 0.1) is 11.3 Å². The molecule has 7 heteroatoms. The van der Waals surface area contributed by atoms with Crippen molar-refractivity contribution in [3.63, 3.8) is 0 Å². The first-order chi connectivity index (χ1) is 12.7. The molecule has 2 N–H and O–H groups in total. The quantitative estimate of drug-likeness (QED) is 0.552. The number of nitrogens with one attached hydrogen (secondary N) is 2. The fraction of sp³-hybridized carbons (Fsp3) is 0.105. The highest BCUT2D eigenvalue weighted by molar-refractivity contribution is 9.10. The lowest BCUT2D eigenvalue weighted by atomic mass is 10.2. The first kappa shape index (κ1) is 18.2. The van der Waals surface area contributed by atoms with E-state index in [0.717, 1.165) is 20.9 Å². The zero-order valence-electron chi connectivity index (χ0n) is 13.7. The summed E-state index contributed by atoms with van der Waals surface area (Å²) in [5, 5.41) is 12.6. The molecule has 3 rings (SSSR count). The molecule has 1 heterocycles. The minimum atomic E-state index is -0.125. The van der Waals surface area contributed by atoms with Crippen LogP contribution in [-0.4, -0.2) is 21.6 Å². The van der Waals surface area contributed by atoms with E-state index in [0.29, 0.717) is 23.4 Å². The second-order valence-corrected chi connectivity index (χ2v) is 7.41. The van der Waals surface area contributed by atoms with Gasteiger partial charge in [0.25, 0.3) is 0 Å². The molecule has 0 saturated carbocycles. The average molecular weight is 427 g/mol. The van der Waals surface area contributed by atoms with Crippen LogP contribution < -0.4 is 5.32 Å². The van der Waals surface area contributed by atoms with E-state index >= 15 is 0 Å². The SMILES string of the molecule is N#Cc1ccccc1NC(=O)CCSc1ncc(-c2ccc(Br)cc2)[nH]1. The van der Waals surface area contributed by atoms with Crippen molar-refractivity contribution in [2.24, 2.45) is 0 Å². The third kappa shape index (κ3) is 4.75. The van der Waals surface area contributed by atoms with E-state index in [1.54, 1.807) is 30.5 Å². The van der Waals surface area contributed by atoms with Gasteiger partial charge in [-0.05, 0) is 29.8 Å². The Morgan fingerprint density at radius 3 is 2.77 bits per heavy atom. The summed E-state index contributed by atoms with van der Waals surface area (Å²) in [5.74, 6) is 0.466. The Labute approximate surface area is 164 Å². The molecule has 0 aliphatic carbocycles. The number of para-hydroxylation sites is 1. The molecule has 5 nitrogen and oxygen atoms in total. The van der Waals surface area contributed by atoms with Crippen molar-refractivity contribution in [2.75, 3.05) is 11.1 Å². The summed E-state index contributed by atoms with van der Waals surface area (Å²) in [6.45, 7) is 0. The Hall–Kier alpha value is -2.56. The summed E-state index contributed by atoms with van der Waals surface area (Å²) in [6, 6.07) is 17.0. The van der Waals surface area contributed by atoms with Crippen LogP contribution in [0.25, 0.3) is 11.3 Å². The summed E-state index contributed by atoms with van der Waals surface area (Å²) < 4.78 is 1.03. The number of amides is 1. The Kier molecular flexibility index (Phi) is 6.10. The van der Waals surface area contributed by atoms with Gasteiger partial charge in [0.15, 0.2) is 5.16 Å². The van der Waals surface area contributed by atoms with E-state index < -0.39 is 0 Å². The van der Waals surface area contributed by atoms with E-state index in [-0.39, 0.29) is 5.91 Å². The van der Waals surface area contributed by atoms with Gasteiger partial charge in [-0.15, -0.1) is 0 Å². The first-order valence-corrected chi connectivity index (χ1v) is 9.66. The van der Waals surface area contributed by atoms with Gasteiger partial charge in [0.05, 0.1) is 23.1 Å². The van der Waals surface area contributed by atoms with Crippen LogP contribution in [-0.2, 0) is 4.79 Å². The van der Waals surface area contributed by atoms with Crippen LogP contribution in [0.15, 0.2) is 64.4 Å². The lowest BCUT2D eigenvalue weighted by Gasteiger charge is -2.06. The predicted octanol–water partition coefficient (Wildman–Crippen LogP) is 4.83. The Bertz CT molecular complexity index is 947. The monoisotopic (exact) mass is 426 g/mol. The summed E-state index contributed by atoms with van der Waals surface area (Å²) in [7, 11) is 0. The largest absolute Gasteiger partial charge is 0.333 e. The standard InChI is InChI=1S/C19H15BrN4OS/c20-15-7-5-13(6-8-15)17-12-22-19(24-17)26-10-9-18(25)23-16-4-2-1-3-14(16)11-21/h1-8,12H,9-10H2,(H,22,24)(H,23,25). The number of imidazole rings is 1. The van der Waals surface area contributed by atoms with Crippen molar-refractivity contribution in [3.8, 4) is 17.3 Å². The van der Waals surface area contributed by atoms with Crippen molar-refractivity contribution >= 4 is 39.3 Å². The molecule has 0 fully saturated rings. The number of hydrogen-bond donors (Lipinski definition) is 2. The third-order valence-corrected chi connectivity index (χ3v) is 5.02. The number of nitriles is 1. The fourth-order valence-electron chi connectivity index (χ4n) is 2.30. The third-order valence-electron chi connectivity index (χ3n) is 3.60. The maximum Gasteiger partial charge on any atom is 0.225 e. The zero-order chi connectivity index (χ0) is 18.4. The molecule has 0 unspecified atom stereocenters. The van der Waals surface area contributed by atoms with Crippen LogP contribution in [0.1, 0.15) is 12.0 Å². The van der Waals surface area contributed by atoms with Crippen LogP contribution in [0.2, 0.25) is 0 Å². The van der Waals surface area contributed by atoms with Crippen molar-refractivity contribution in [2.45, 2.75) is 11.6 Å². The second kappa shape index (κ2) is 8.70. The van der Waals surface area contributed by atoms with E-state index in [2.05, 4.69) is 37.3 Å². The Morgan fingerprint density at radius 2 is 2.00 bits per heavy atom. The van der Waals surface area contributed by atoms with Gasteiger partial charge in [-0.25, -0.2) is 4.98 Å². The maximum absolute atomic E-state index is 12.1. The molecule has 1 amide bonds. The minimum Gasteiger partial charge on any atom is -0.333 e. The molecule has 0 saturated heterocycles. The molecule has 0 spiro atoms. The minimum absolute atomic E-state index is 0.125. The lowest BCUT2D eigenvalue weighted by Crippen LogP contribution is -2.13. The topological polar surface area (TPSA) is 81.6 Å². The fourth-order valence-corrected chi connectivity index (χ4v) is 3.35. The van der Waals surface area contributed by atoms with E-state index in [1.807, 2.05) is 24.3 Å². The smallest absolute Gasteiger partial charge is 0.225 e. The number of halogens is 1. The Morgan fingerprint density at radius 1 is 1.23 bits per heavy atom. The molecule has 3 aromatic rings. The van der Waals surface area contributed by atoms with Crippen LogP contribution in [0.4, 0.5) is 5.69 Å². The number of aromatic nitrogens is 2. The maximum atomic E-state index is 12.1. The number of hydrogen-bond acceptors (Lipinski definition) is 4. The van der Waals surface area contributed by atoms with Gasteiger partial charge in [-0.3, -0.25) is 4.79 Å². The highest BCUT2D eigenvalue weighted by Crippen LogP contribution is 2.23. The molecule has 26 heavy (non-hydrogen) atoms. The number of anilines is 1. The molecule has 0 aliphatic rings. The van der Waals surface area contributed by atoms with Crippen molar-refractivity contribution in [3.05, 3.63) is 64.8 Å². The number of nitrogens with zero attached hydrogens (tertiary/aromatic N) is 2. The number of H-pyrrole nitrogens is 1. The molecule has 0 radical (unpaired) electrons. The second-order valence-electron chi connectivity index (χ2n) is 5.41. The molecule has 130 valence electrons. The first-order valence-electron chi connectivity index (χ1n) is 7.88. The van der Waals surface area contributed by atoms with Crippen LogP contribution in [0.3, 0.4) is 0 Å². The van der Waals surface area contributed by atoms with Crippen molar-refractivity contribution in [1.29, 1.82) is 5.26 Å². The average Bonchev–Trinajstić information content (AvgIpc) is 3.11. The summed E-state index contributed by atoms with van der Waals surface area (Å²) in [5.41, 5.74) is 2.99. The summed E-state index contributed by atoms with van der Waals surface area (Å²) in [4.78, 5) is 19.7. The summed E-state index contributed by atoms with van der Waals surface area (Å²) >= 11 is 4.90. The molecule has 1 aromatic heterocycles. The Balaban J connectivity index is 1.51. The van der Waals surface area contributed by atoms with Crippen molar-refractivity contribution in [1.82, 2.24) is 9.97 Å². The molecule has 0 atom stereocenters. The predicted molar refractivity (Wildman–Crippen MR) is 107 cm³/mol. The van der Waals surface area contributed by atoms with E-state index in [9.17, 15) is 4.79 Å². The van der Waals surface area contributed by atoms with Gasteiger partial charge in [0, 0.05) is 16.6 Å². The van der Waals surface area contributed by atoms with Gasteiger partial charge in [0.2, 0.25) is 5.91 Å². The molecular weight excluding hydrogens is 412 g/mol. The van der Waals surface area contributed by atoms with Crippen LogP contribution >= 0.6 is 27.7 Å². The van der Waals surface area contributed by atoms with Gasteiger partial charge >= 0.3 is 0 Å². The van der Waals surface area contributed by atoms with E-state index in [4.69, 9.17) is 5.26 Å². The van der Waals surface area contributed by atoms with Crippen molar-refractivity contribution < 1.29 is 4.79 Å².